The maximum atomic E-state index is 12.1. The Balaban J connectivity index is 1.62. The highest BCUT2D eigenvalue weighted by molar-refractivity contribution is 7.16. The van der Waals surface area contributed by atoms with Gasteiger partial charge in [0.15, 0.2) is 0 Å². The van der Waals surface area contributed by atoms with Crippen molar-refractivity contribution in [3.05, 3.63) is 41.4 Å². The van der Waals surface area contributed by atoms with Crippen molar-refractivity contribution in [2.24, 2.45) is 5.92 Å². The molecule has 0 saturated heterocycles. The molecule has 0 radical (unpaired) electrons. The number of hydrogen-bond donors (Lipinski definition) is 1. The van der Waals surface area contributed by atoms with Gasteiger partial charge in [0.05, 0.1) is 6.20 Å². The lowest BCUT2D eigenvalue weighted by Crippen LogP contribution is -2.27. The van der Waals surface area contributed by atoms with Gasteiger partial charge in [0.1, 0.15) is 9.88 Å². The van der Waals surface area contributed by atoms with Gasteiger partial charge >= 0.3 is 0 Å². The first-order chi connectivity index (χ1) is 9.83. The van der Waals surface area contributed by atoms with Gasteiger partial charge in [0, 0.05) is 12.1 Å². The largest absolute Gasteiger partial charge is 0.351 e. The zero-order valence-electron chi connectivity index (χ0n) is 11.3. The van der Waals surface area contributed by atoms with Crippen LogP contribution in [0.25, 0.3) is 10.6 Å². The predicted molar refractivity (Wildman–Crippen MR) is 81.8 cm³/mol. The molecule has 1 aliphatic carbocycles. The second-order valence-corrected chi connectivity index (χ2v) is 6.29. The topological polar surface area (TPSA) is 42.0 Å². The van der Waals surface area contributed by atoms with Crippen LogP contribution in [0.3, 0.4) is 0 Å². The van der Waals surface area contributed by atoms with Crippen LogP contribution in [-0.4, -0.2) is 17.4 Å². The molecule has 1 aromatic carbocycles. The molecule has 2 aromatic rings. The summed E-state index contributed by atoms with van der Waals surface area (Å²) in [5.41, 5.74) is 1.06. The Hall–Kier alpha value is -1.68. The molecule has 1 saturated carbocycles. The van der Waals surface area contributed by atoms with E-state index in [1.807, 2.05) is 30.3 Å². The number of aromatic nitrogens is 1. The van der Waals surface area contributed by atoms with Crippen LogP contribution in [0, 0.1) is 5.92 Å². The first kappa shape index (κ1) is 13.3. The molecular formula is C16H18N2OS. The summed E-state index contributed by atoms with van der Waals surface area (Å²) in [5.74, 6) is 0.678. The summed E-state index contributed by atoms with van der Waals surface area (Å²) < 4.78 is 0. The number of thiazole rings is 1. The lowest BCUT2D eigenvalue weighted by molar-refractivity contribution is 0.0951. The minimum Gasteiger partial charge on any atom is -0.351 e. The minimum absolute atomic E-state index is 0.0107. The summed E-state index contributed by atoms with van der Waals surface area (Å²) in [6.45, 7) is 0.803. The monoisotopic (exact) mass is 286 g/mol. The Labute approximate surface area is 123 Å². The van der Waals surface area contributed by atoms with E-state index in [0.717, 1.165) is 17.1 Å². The first-order valence-electron chi connectivity index (χ1n) is 7.12. The lowest BCUT2D eigenvalue weighted by atomic mass is 10.1. The first-order valence-corrected chi connectivity index (χ1v) is 7.94. The highest BCUT2D eigenvalue weighted by atomic mass is 32.1. The van der Waals surface area contributed by atoms with Crippen molar-refractivity contribution in [3.8, 4) is 10.6 Å². The van der Waals surface area contributed by atoms with E-state index in [1.165, 1.54) is 37.0 Å². The molecule has 1 aromatic heterocycles. The van der Waals surface area contributed by atoms with Crippen LogP contribution in [0.1, 0.15) is 35.4 Å². The molecule has 1 heterocycles. The smallest absolute Gasteiger partial charge is 0.263 e. The van der Waals surface area contributed by atoms with Gasteiger partial charge in [0.2, 0.25) is 0 Å². The number of nitrogens with one attached hydrogen (secondary N) is 1. The van der Waals surface area contributed by atoms with Gasteiger partial charge in [0.25, 0.3) is 5.91 Å². The van der Waals surface area contributed by atoms with Gasteiger partial charge in [-0.1, -0.05) is 43.2 Å². The quantitative estimate of drug-likeness (QED) is 0.930. The summed E-state index contributed by atoms with van der Waals surface area (Å²) in [6, 6.07) is 9.97. The Bertz CT molecular complexity index is 573. The molecule has 3 rings (SSSR count). The van der Waals surface area contributed by atoms with Crippen molar-refractivity contribution in [2.45, 2.75) is 25.7 Å². The van der Waals surface area contributed by atoms with E-state index in [9.17, 15) is 4.79 Å². The van der Waals surface area contributed by atoms with Crippen LogP contribution in [0.2, 0.25) is 0 Å². The average molecular weight is 286 g/mol. The van der Waals surface area contributed by atoms with Gasteiger partial charge in [-0.3, -0.25) is 4.79 Å². The van der Waals surface area contributed by atoms with Crippen LogP contribution < -0.4 is 5.32 Å². The summed E-state index contributed by atoms with van der Waals surface area (Å²) in [6.07, 6.45) is 6.78. The molecule has 0 aliphatic heterocycles. The van der Waals surface area contributed by atoms with Gasteiger partial charge in [-0.15, -0.1) is 11.3 Å². The van der Waals surface area contributed by atoms with E-state index in [-0.39, 0.29) is 5.91 Å². The molecule has 1 N–H and O–H groups in total. The highest BCUT2D eigenvalue weighted by Gasteiger charge is 2.17. The number of amides is 1. The SMILES string of the molecule is O=C(NCC1CCCC1)c1cnc(-c2ccccc2)s1. The highest BCUT2D eigenvalue weighted by Crippen LogP contribution is 2.26. The van der Waals surface area contributed by atoms with E-state index >= 15 is 0 Å². The Kier molecular flexibility index (Phi) is 4.11. The van der Waals surface area contributed by atoms with E-state index < -0.39 is 0 Å². The molecule has 104 valence electrons. The van der Waals surface area contributed by atoms with E-state index in [1.54, 1.807) is 6.20 Å². The molecule has 1 fully saturated rings. The summed E-state index contributed by atoms with van der Waals surface area (Å²) in [4.78, 5) is 17.1. The second-order valence-electron chi connectivity index (χ2n) is 5.26. The number of nitrogens with zero attached hydrogens (tertiary/aromatic N) is 1. The molecule has 20 heavy (non-hydrogen) atoms. The fourth-order valence-corrected chi connectivity index (χ4v) is 3.47. The van der Waals surface area contributed by atoms with Crippen molar-refractivity contribution in [1.29, 1.82) is 0 Å². The molecule has 4 heteroatoms. The van der Waals surface area contributed by atoms with Crippen molar-refractivity contribution < 1.29 is 4.79 Å². The number of carbonyl (C=O) groups excluding carboxylic acids is 1. The van der Waals surface area contributed by atoms with Crippen LogP contribution in [-0.2, 0) is 0 Å². The molecule has 0 bridgehead atoms. The van der Waals surface area contributed by atoms with Crippen LogP contribution in [0.5, 0.6) is 0 Å². The summed E-state index contributed by atoms with van der Waals surface area (Å²) in [7, 11) is 0. The molecule has 0 atom stereocenters. The van der Waals surface area contributed by atoms with Gasteiger partial charge in [-0.2, -0.15) is 0 Å². The van der Waals surface area contributed by atoms with E-state index in [4.69, 9.17) is 0 Å². The van der Waals surface area contributed by atoms with E-state index in [0.29, 0.717) is 10.8 Å². The van der Waals surface area contributed by atoms with Crippen molar-refractivity contribution in [2.75, 3.05) is 6.54 Å². The van der Waals surface area contributed by atoms with Crippen LogP contribution >= 0.6 is 11.3 Å². The second kappa shape index (κ2) is 6.18. The van der Waals surface area contributed by atoms with Gasteiger partial charge in [-0.25, -0.2) is 4.98 Å². The van der Waals surface area contributed by atoms with Gasteiger partial charge < -0.3 is 5.32 Å². The van der Waals surface area contributed by atoms with Crippen LogP contribution in [0.4, 0.5) is 0 Å². The average Bonchev–Trinajstić information content (AvgIpc) is 3.17. The summed E-state index contributed by atoms with van der Waals surface area (Å²) >= 11 is 1.45. The fourth-order valence-electron chi connectivity index (χ4n) is 2.63. The maximum Gasteiger partial charge on any atom is 0.263 e. The van der Waals surface area contributed by atoms with Crippen LogP contribution in [0.15, 0.2) is 36.5 Å². The third kappa shape index (κ3) is 3.07. The Morgan fingerprint density at radius 2 is 2.00 bits per heavy atom. The van der Waals surface area contributed by atoms with Crippen molar-refractivity contribution in [3.63, 3.8) is 0 Å². The third-order valence-corrected chi connectivity index (χ3v) is 4.82. The molecule has 1 aliphatic rings. The number of benzene rings is 1. The number of rotatable bonds is 4. The molecule has 1 amide bonds. The molecule has 0 unspecified atom stereocenters. The molecule has 0 spiro atoms. The molecular weight excluding hydrogens is 268 g/mol. The predicted octanol–water partition coefficient (Wildman–Crippen LogP) is 3.73. The van der Waals surface area contributed by atoms with E-state index in [2.05, 4.69) is 10.3 Å². The Morgan fingerprint density at radius 3 is 2.75 bits per heavy atom. The lowest BCUT2D eigenvalue weighted by Gasteiger charge is -2.09. The zero-order chi connectivity index (χ0) is 13.8. The number of hydrogen-bond acceptors (Lipinski definition) is 3. The standard InChI is InChI=1S/C16H18N2OS/c19-15(17-10-12-6-4-5-7-12)14-11-18-16(20-14)13-8-2-1-3-9-13/h1-3,8-9,11-12H,4-7,10H2,(H,17,19). The molecule has 3 nitrogen and oxygen atoms in total. The summed E-state index contributed by atoms with van der Waals surface area (Å²) in [5, 5.41) is 3.94. The third-order valence-electron chi connectivity index (χ3n) is 3.78. The van der Waals surface area contributed by atoms with Gasteiger partial charge in [-0.05, 0) is 18.8 Å². The van der Waals surface area contributed by atoms with Crippen molar-refractivity contribution in [1.82, 2.24) is 10.3 Å². The normalized spacial score (nSPS) is 15.4. The minimum atomic E-state index is 0.0107. The Morgan fingerprint density at radius 1 is 1.25 bits per heavy atom. The fraction of sp³-hybridized carbons (Fsp3) is 0.375. The van der Waals surface area contributed by atoms with Crippen molar-refractivity contribution >= 4 is 17.2 Å². The zero-order valence-corrected chi connectivity index (χ0v) is 12.2. The maximum absolute atomic E-state index is 12.1. The number of carbonyl (C=O) groups is 1.